The second-order valence-corrected chi connectivity index (χ2v) is 6.67. The van der Waals surface area contributed by atoms with Crippen molar-refractivity contribution in [2.45, 2.75) is 18.9 Å². The van der Waals surface area contributed by atoms with Crippen LogP contribution in [0.25, 0.3) is 11.1 Å². The normalized spacial score (nSPS) is 17.1. The number of benzene rings is 2. The summed E-state index contributed by atoms with van der Waals surface area (Å²) in [6.07, 6.45) is 2.04. The SMILES string of the molecule is CNC1CCc2c(-c3c(Cl)c(Cl)cc(Cl)c3Cl)cccc21. The van der Waals surface area contributed by atoms with Crippen LogP contribution >= 0.6 is 46.4 Å². The van der Waals surface area contributed by atoms with E-state index in [2.05, 4.69) is 11.4 Å². The van der Waals surface area contributed by atoms with Crippen molar-refractivity contribution < 1.29 is 0 Å². The highest BCUT2D eigenvalue weighted by Crippen LogP contribution is 2.47. The van der Waals surface area contributed by atoms with Crippen LogP contribution in [0.15, 0.2) is 24.3 Å². The zero-order valence-corrected chi connectivity index (χ0v) is 14.3. The molecule has 0 fully saturated rings. The van der Waals surface area contributed by atoms with Crippen LogP contribution in [0.3, 0.4) is 0 Å². The lowest BCUT2D eigenvalue weighted by Gasteiger charge is -2.15. The fourth-order valence-corrected chi connectivity index (χ4v) is 4.01. The molecule has 0 saturated heterocycles. The molecular weight excluding hydrogens is 348 g/mol. The molecule has 1 atom stereocenters. The lowest BCUT2D eigenvalue weighted by molar-refractivity contribution is 0.590. The first-order valence-electron chi connectivity index (χ1n) is 6.67. The Bertz CT molecular complexity index is 686. The Morgan fingerprint density at radius 2 is 1.71 bits per heavy atom. The van der Waals surface area contributed by atoms with Crippen molar-refractivity contribution in [3.63, 3.8) is 0 Å². The molecule has 1 N–H and O–H groups in total. The molecule has 1 nitrogen and oxygen atoms in total. The third-order valence-electron chi connectivity index (χ3n) is 4.00. The van der Waals surface area contributed by atoms with Gasteiger partial charge in [0.15, 0.2) is 0 Å². The zero-order chi connectivity index (χ0) is 15.1. The minimum absolute atomic E-state index is 0.368. The van der Waals surface area contributed by atoms with E-state index < -0.39 is 0 Å². The minimum Gasteiger partial charge on any atom is -0.313 e. The van der Waals surface area contributed by atoms with Gasteiger partial charge in [0.05, 0.1) is 20.1 Å². The summed E-state index contributed by atoms with van der Waals surface area (Å²) >= 11 is 25.1. The van der Waals surface area contributed by atoms with Crippen molar-refractivity contribution in [2.75, 3.05) is 7.05 Å². The van der Waals surface area contributed by atoms with E-state index in [4.69, 9.17) is 46.4 Å². The predicted octanol–water partition coefficient (Wildman–Crippen LogP) is 6.17. The van der Waals surface area contributed by atoms with Gasteiger partial charge in [-0.25, -0.2) is 0 Å². The van der Waals surface area contributed by atoms with Crippen LogP contribution in [0.2, 0.25) is 20.1 Å². The second-order valence-electron chi connectivity index (χ2n) is 5.10. The van der Waals surface area contributed by atoms with Crippen LogP contribution in [-0.2, 0) is 6.42 Å². The van der Waals surface area contributed by atoms with Gasteiger partial charge < -0.3 is 5.32 Å². The van der Waals surface area contributed by atoms with E-state index in [1.807, 2.05) is 19.2 Å². The molecule has 1 aliphatic carbocycles. The molecule has 0 spiro atoms. The van der Waals surface area contributed by atoms with Gasteiger partial charge in [-0.05, 0) is 42.6 Å². The van der Waals surface area contributed by atoms with E-state index in [1.165, 1.54) is 11.1 Å². The molecule has 0 aromatic heterocycles. The molecule has 21 heavy (non-hydrogen) atoms. The number of rotatable bonds is 2. The average Bonchev–Trinajstić information content (AvgIpc) is 2.89. The van der Waals surface area contributed by atoms with Gasteiger partial charge in [-0.1, -0.05) is 64.6 Å². The summed E-state index contributed by atoms with van der Waals surface area (Å²) in [7, 11) is 1.97. The topological polar surface area (TPSA) is 12.0 Å². The number of halogens is 4. The summed E-state index contributed by atoms with van der Waals surface area (Å²) in [5.74, 6) is 0. The van der Waals surface area contributed by atoms with Crippen LogP contribution in [0.4, 0.5) is 0 Å². The molecule has 0 saturated carbocycles. The molecule has 2 aromatic rings. The first-order valence-corrected chi connectivity index (χ1v) is 8.18. The lowest BCUT2D eigenvalue weighted by atomic mass is 9.96. The molecule has 0 amide bonds. The van der Waals surface area contributed by atoms with Crippen LogP contribution in [0, 0.1) is 0 Å². The van der Waals surface area contributed by atoms with E-state index in [1.54, 1.807) is 6.07 Å². The summed E-state index contributed by atoms with van der Waals surface area (Å²) in [5.41, 5.74) is 4.30. The van der Waals surface area contributed by atoms with E-state index >= 15 is 0 Å². The Morgan fingerprint density at radius 3 is 2.33 bits per heavy atom. The monoisotopic (exact) mass is 359 g/mol. The van der Waals surface area contributed by atoms with Crippen LogP contribution < -0.4 is 5.32 Å². The maximum Gasteiger partial charge on any atom is 0.0686 e. The number of nitrogens with one attached hydrogen (secondary N) is 1. The quantitative estimate of drug-likeness (QED) is 0.631. The van der Waals surface area contributed by atoms with Crippen molar-refractivity contribution in [3.8, 4) is 11.1 Å². The van der Waals surface area contributed by atoms with Crippen LogP contribution in [0.5, 0.6) is 0 Å². The Labute approximate surface area is 144 Å². The predicted molar refractivity (Wildman–Crippen MR) is 92.0 cm³/mol. The molecular formula is C16H13Cl4N. The summed E-state index contributed by atoms with van der Waals surface area (Å²) in [6.45, 7) is 0. The van der Waals surface area contributed by atoms with Gasteiger partial charge in [0.2, 0.25) is 0 Å². The van der Waals surface area contributed by atoms with E-state index in [-0.39, 0.29) is 0 Å². The summed E-state index contributed by atoms with van der Waals surface area (Å²) in [6, 6.07) is 8.13. The summed E-state index contributed by atoms with van der Waals surface area (Å²) in [4.78, 5) is 0. The van der Waals surface area contributed by atoms with Gasteiger partial charge in [0.1, 0.15) is 0 Å². The Hall–Kier alpha value is -0.440. The van der Waals surface area contributed by atoms with Gasteiger partial charge in [0.25, 0.3) is 0 Å². The van der Waals surface area contributed by atoms with Crippen molar-refractivity contribution in [2.24, 2.45) is 0 Å². The van der Waals surface area contributed by atoms with Gasteiger partial charge in [-0.3, -0.25) is 0 Å². The Morgan fingerprint density at radius 1 is 1.05 bits per heavy atom. The molecule has 0 radical (unpaired) electrons. The first kappa shape index (κ1) is 15.5. The Kier molecular flexibility index (Phi) is 4.40. The summed E-state index contributed by atoms with van der Waals surface area (Å²) in [5, 5.41) is 5.07. The molecule has 3 rings (SSSR count). The van der Waals surface area contributed by atoms with Crippen LogP contribution in [-0.4, -0.2) is 7.05 Å². The van der Waals surface area contributed by atoms with Crippen molar-refractivity contribution in [1.82, 2.24) is 5.32 Å². The van der Waals surface area contributed by atoms with E-state index in [9.17, 15) is 0 Å². The minimum atomic E-state index is 0.368. The number of hydrogen-bond donors (Lipinski definition) is 1. The largest absolute Gasteiger partial charge is 0.313 e. The fraction of sp³-hybridized carbons (Fsp3) is 0.250. The molecule has 1 aliphatic rings. The van der Waals surface area contributed by atoms with Gasteiger partial charge in [-0.15, -0.1) is 0 Å². The molecule has 110 valence electrons. The highest BCUT2D eigenvalue weighted by Gasteiger charge is 2.26. The smallest absolute Gasteiger partial charge is 0.0686 e. The Balaban J connectivity index is 2.27. The van der Waals surface area contributed by atoms with E-state index in [0.29, 0.717) is 26.1 Å². The second kappa shape index (κ2) is 5.98. The third kappa shape index (κ3) is 2.56. The van der Waals surface area contributed by atoms with Crippen molar-refractivity contribution >= 4 is 46.4 Å². The van der Waals surface area contributed by atoms with Gasteiger partial charge in [-0.2, -0.15) is 0 Å². The third-order valence-corrected chi connectivity index (χ3v) is 5.58. The molecule has 0 heterocycles. The molecule has 2 aromatic carbocycles. The highest BCUT2D eigenvalue weighted by atomic mass is 35.5. The van der Waals surface area contributed by atoms with Gasteiger partial charge in [0, 0.05) is 11.6 Å². The zero-order valence-electron chi connectivity index (χ0n) is 11.3. The molecule has 0 aliphatic heterocycles. The average molecular weight is 361 g/mol. The highest BCUT2D eigenvalue weighted by molar-refractivity contribution is 6.50. The number of hydrogen-bond acceptors (Lipinski definition) is 1. The first-order chi connectivity index (χ1) is 10.0. The molecule has 5 heteroatoms. The maximum atomic E-state index is 6.39. The standard InChI is InChI=1S/C16H13Cl4N/c1-21-13-6-5-8-9(13)3-2-4-10(8)14-15(19)11(17)7-12(18)16(14)20/h2-4,7,13,21H,5-6H2,1H3. The van der Waals surface area contributed by atoms with Crippen molar-refractivity contribution in [1.29, 1.82) is 0 Å². The fourth-order valence-electron chi connectivity index (χ4n) is 3.00. The van der Waals surface area contributed by atoms with E-state index in [0.717, 1.165) is 24.0 Å². The van der Waals surface area contributed by atoms with Crippen molar-refractivity contribution in [3.05, 3.63) is 55.5 Å². The molecule has 0 bridgehead atoms. The van der Waals surface area contributed by atoms with Gasteiger partial charge >= 0.3 is 0 Å². The molecule has 1 unspecified atom stereocenters. The number of fused-ring (bicyclic) bond motifs is 1. The summed E-state index contributed by atoms with van der Waals surface area (Å²) < 4.78 is 0. The van der Waals surface area contributed by atoms with Crippen LogP contribution in [0.1, 0.15) is 23.6 Å². The lowest BCUT2D eigenvalue weighted by Crippen LogP contribution is -2.12. The maximum absolute atomic E-state index is 6.39.